The number of carbonyl (C=O) groups is 2. The molecule has 20 heavy (non-hydrogen) atoms. The summed E-state index contributed by atoms with van der Waals surface area (Å²) in [5.41, 5.74) is 0.802. The van der Waals surface area contributed by atoms with E-state index in [9.17, 15) is 9.59 Å². The molecule has 0 radical (unpaired) electrons. The third kappa shape index (κ3) is 2.97. The Morgan fingerprint density at radius 2 is 2.30 bits per heavy atom. The van der Waals surface area contributed by atoms with Crippen molar-refractivity contribution >= 4 is 57.7 Å². The van der Waals surface area contributed by atoms with Gasteiger partial charge in [0.05, 0.1) is 23.4 Å². The van der Waals surface area contributed by atoms with E-state index in [1.807, 2.05) is 0 Å². The van der Waals surface area contributed by atoms with Crippen molar-refractivity contribution < 1.29 is 14.3 Å². The van der Waals surface area contributed by atoms with Gasteiger partial charge < -0.3 is 9.64 Å². The number of nitrogens with zero attached hydrogens (tertiary/aromatic N) is 1. The van der Waals surface area contributed by atoms with Crippen LogP contribution in [0, 0.1) is 5.92 Å². The second-order valence-electron chi connectivity index (χ2n) is 4.53. The third-order valence-electron chi connectivity index (χ3n) is 3.20. The number of anilines is 1. The van der Waals surface area contributed by atoms with Gasteiger partial charge in [0.15, 0.2) is 0 Å². The Labute approximate surface area is 136 Å². The molecule has 1 amide bonds. The summed E-state index contributed by atoms with van der Waals surface area (Å²) >= 11 is 13.6. The highest BCUT2D eigenvalue weighted by Gasteiger charge is 2.32. The predicted molar refractivity (Wildman–Crippen MR) is 84.8 cm³/mol. The first-order valence-corrected chi connectivity index (χ1v) is 7.76. The second kappa shape index (κ2) is 6.37. The summed E-state index contributed by atoms with van der Waals surface area (Å²) < 4.78 is 5.35. The Morgan fingerprint density at radius 1 is 1.60 bits per heavy atom. The standard InChI is InChI=1S/C13H13BrClNO3S/c1-19-13(18)8-3-9(14)10(15)4-11(8)16-5-7(6-20)2-12(16)17/h3-4,7,20H,2,5-6H2,1H3. The number of methoxy groups -OCH3 is 1. The minimum atomic E-state index is -0.500. The van der Waals surface area contributed by atoms with Gasteiger partial charge in [-0.25, -0.2) is 4.79 Å². The van der Waals surface area contributed by atoms with E-state index in [4.69, 9.17) is 16.3 Å². The van der Waals surface area contributed by atoms with E-state index in [1.54, 1.807) is 17.0 Å². The fraction of sp³-hybridized carbons (Fsp3) is 0.385. The van der Waals surface area contributed by atoms with Crippen molar-refractivity contribution in [2.45, 2.75) is 6.42 Å². The number of hydrogen-bond acceptors (Lipinski definition) is 4. The molecule has 1 aromatic carbocycles. The largest absolute Gasteiger partial charge is 0.465 e. The number of esters is 1. The average Bonchev–Trinajstić information content (AvgIpc) is 2.81. The van der Waals surface area contributed by atoms with Crippen LogP contribution in [-0.2, 0) is 9.53 Å². The molecule has 0 aromatic heterocycles. The molecule has 0 spiro atoms. The fourth-order valence-corrected chi connectivity index (χ4v) is 2.92. The molecule has 1 aromatic rings. The maximum Gasteiger partial charge on any atom is 0.340 e. The lowest BCUT2D eigenvalue weighted by atomic mass is 10.1. The fourth-order valence-electron chi connectivity index (χ4n) is 2.17. The van der Waals surface area contributed by atoms with Crippen molar-refractivity contribution in [3.8, 4) is 0 Å². The highest BCUT2D eigenvalue weighted by molar-refractivity contribution is 9.10. The number of rotatable bonds is 3. The smallest absolute Gasteiger partial charge is 0.340 e. The van der Waals surface area contributed by atoms with Crippen molar-refractivity contribution in [1.82, 2.24) is 0 Å². The zero-order chi connectivity index (χ0) is 14.9. The maximum atomic E-state index is 12.1. The first kappa shape index (κ1) is 15.7. The van der Waals surface area contributed by atoms with Gasteiger partial charge in [0.2, 0.25) is 5.91 Å². The molecule has 1 heterocycles. The minimum absolute atomic E-state index is 0.0346. The molecule has 0 saturated carbocycles. The summed E-state index contributed by atoms with van der Waals surface area (Å²) in [6.07, 6.45) is 0.428. The zero-order valence-electron chi connectivity index (χ0n) is 10.7. The molecule has 1 atom stereocenters. The van der Waals surface area contributed by atoms with Crippen LogP contribution in [0.5, 0.6) is 0 Å². The van der Waals surface area contributed by atoms with Crippen LogP contribution < -0.4 is 4.90 Å². The van der Waals surface area contributed by atoms with Crippen LogP contribution >= 0.6 is 40.2 Å². The van der Waals surface area contributed by atoms with Crippen LogP contribution in [0.3, 0.4) is 0 Å². The molecule has 1 aliphatic heterocycles. The first-order chi connectivity index (χ1) is 9.47. The molecule has 1 unspecified atom stereocenters. The van der Waals surface area contributed by atoms with Crippen molar-refractivity contribution in [2.24, 2.45) is 5.92 Å². The second-order valence-corrected chi connectivity index (χ2v) is 6.16. The number of thiol groups is 1. The van der Waals surface area contributed by atoms with E-state index < -0.39 is 5.97 Å². The molecule has 2 rings (SSSR count). The molecular formula is C13H13BrClNO3S. The number of amides is 1. The molecule has 7 heteroatoms. The van der Waals surface area contributed by atoms with Crippen LogP contribution in [0.15, 0.2) is 16.6 Å². The quantitative estimate of drug-likeness (QED) is 0.649. The Hall–Kier alpha value is -0.720. The van der Waals surface area contributed by atoms with Crippen LogP contribution in [-0.4, -0.2) is 31.3 Å². The summed E-state index contributed by atoms with van der Waals surface area (Å²) in [5.74, 6) is 0.269. The van der Waals surface area contributed by atoms with Gasteiger partial charge in [-0.1, -0.05) is 11.6 Å². The van der Waals surface area contributed by atoms with Gasteiger partial charge in [0, 0.05) is 17.4 Å². The molecule has 1 fully saturated rings. The Morgan fingerprint density at radius 3 is 2.85 bits per heavy atom. The summed E-state index contributed by atoms with van der Waals surface area (Å²) in [7, 11) is 1.30. The highest BCUT2D eigenvalue weighted by atomic mass is 79.9. The number of hydrogen-bond donors (Lipinski definition) is 1. The molecule has 108 valence electrons. The lowest BCUT2D eigenvalue weighted by Crippen LogP contribution is -2.27. The lowest BCUT2D eigenvalue weighted by Gasteiger charge is -2.20. The molecular weight excluding hydrogens is 366 g/mol. The van der Waals surface area contributed by atoms with Gasteiger partial charge in [-0.05, 0) is 39.7 Å². The number of carbonyl (C=O) groups excluding carboxylic acids is 2. The van der Waals surface area contributed by atoms with Crippen LogP contribution in [0.4, 0.5) is 5.69 Å². The topological polar surface area (TPSA) is 46.6 Å². The third-order valence-corrected chi connectivity index (χ3v) is 4.91. The SMILES string of the molecule is COC(=O)c1cc(Br)c(Cl)cc1N1CC(CS)CC1=O. The van der Waals surface area contributed by atoms with Crippen molar-refractivity contribution in [3.05, 3.63) is 27.2 Å². The monoisotopic (exact) mass is 377 g/mol. The predicted octanol–water partition coefficient (Wildman–Crippen LogP) is 3.17. The van der Waals surface area contributed by atoms with E-state index in [0.29, 0.717) is 39.5 Å². The Bertz CT molecular complexity index is 567. The molecule has 1 aliphatic rings. The molecule has 1 saturated heterocycles. The summed E-state index contributed by atoms with van der Waals surface area (Å²) in [5, 5.41) is 0.440. The van der Waals surface area contributed by atoms with E-state index in [-0.39, 0.29) is 11.8 Å². The minimum Gasteiger partial charge on any atom is -0.465 e. The van der Waals surface area contributed by atoms with Gasteiger partial charge in [0.1, 0.15) is 0 Å². The van der Waals surface area contributed by atoms with Gasteiger partial charge in [-0.3, -0.25) is 4.79 Å². The van der Waals surface area contributed by atoms with Crippen molar-refractivity contribution in [1.29, 1.82) is 0 Å². The van der Waals surface area contributed by atoms with Crippen molar-refractivity contribution in [3.63, 3.8) is 0 Å². The molecule has 0 bridgehead atoms. The number of halogens is 2. The van der Waals surface area contributed by atoms with E-state index in [2.05, 4.69) is 28.6 Å². The van der Waals surface area contributed by atoms with E-state index in [1.165, 1.54) is 7.11 Å². The van der Waals surface area contributed by atoms with Crippen LogP contribution in [0.25, 0.3) is 0 Å². The van der Waals surface area contributed by atoms with Crippen LogP contribution in [0.2, 0.25) is 5.02 Å². The summed E-state index contributed by atoms with van der Waals surface area (Å²) in [6.45, 7) is 0.532. The summed E-state index contributed by atoms with van der Waals surface area (Å²) in [6, 6.07) is 3.18. The Kier molecular flexibility index (Phi) is 4.99. The van der Waals surface area contributed by atoms with Gasteiger partial charge in [-0.15, -0.1) is 0 Å². The average molecular weight is 379 g/mol. The number of ether oxygens (including phenoxy) is 1. The maximum absolute atomic E-state index is 12.1. The number of benzene rings is 1. The molecule has 4 nitrogen and oxygen atoms in total. The van der Waals surface area contributed by atoms with Crippen LogP contribution in [0.1, 0.15) is 16.8 Å². The molecule has 0 aliphatic carbocycles. The van der Waals surface area contributed by atoms with Crippen molar-refractivity contribution in [2.75, 3.05) is 24.3 Å². The van der Waals surface area contributed by atoms with E-state index >= 15 is 0 Å². The highest BCUT2D eigenvalue weighted by Crippen LogP contribution is 2.35. The Balaban J connectivity index is 2.47. The zero-order valence-corrected chi connectivity index (χ0v) is 14.0. The molecule has 0 N–H and O–H groups in total. The first-order valence-electron chi connectivity index (χ1n) is 5.96. The van der Waals surface area contributed by atoms with Gasteiger partial charge >= 0.3 is 5.97 Å². The normalized spacial score (nSPS) is 18.5. The van der Waals surface area contributed by atoms with Gasteiger partial charge in [-0.2, -0.15) is 12.6 Å². The lowest BCUT2D eigenvalue weighted by molar-refractivity contribution is -0.117. The summed E-state index contributed by atoms with van der Waals surface area (Å²) in [4.78, 5) is 25.5. The van der Waals surface area contributed by atoms with E-state index in [0.717, 1.165) is 0 Å². The van der Waals surface area contributed by atoms with Gasteiger partial charge in [0.25, 0.3) is 0 Å².